The molecular formula is C39H48F2N6O8. The number of carbonyl (C=O) groups excluding carboxylic acids is 7. The van der Waals surface area contributed by atoms with Crippen LogP contribution >= 0.6 is 0 Å². The first-order valence-corrected chi connectivity index (χ1v) is 18.2. The third kappa shape index (κ3) is 11.2. The van der Waals surface area contributed by atoms with Gasteiger partial charge < -0.3 is 35.4 Å². The number of esters is 1. The molecule has 3 aliphatic heterocycles. The highest BCUT2D eigenvalue weighted by atomic mass is 19.1. The van der Waals surface area contributed by atoms with Gasteiger partial charge >= 0.3 is 5.97 Å². The van der Waals surface area contributed by atoms with Crippen LogP contribution in [0.1, 0.15) is 52.0 Å². The van der Waals surface area contributed by atoms with Crippen LogP contribution in [0.15, 0.2) is 66.8 Å². The largest absolute Gasteiger partial charge is 0.461 e. The normalized spacial score (nSPS) is 25.2. The van der Waals surface area contributed by atoms with E-state index in [4.69, 9.17) is 4.74 Å². The van der Waals surface area contributed by atoms with Gasteiger partial charge in [0.1, 0.15) is 54.5 Å². The second-order valence-corrected chi connectivity index (χ2v) is 13.6. The van der Waals surface area contributed by atoms with Crippen molar-refractivity contribution in [2.75, 3.05) is 26.7 Å². The molecule has 0 radical (unpaired) electrons. The fourth-order valence-electron chi connectivity index (χ4n) is 6.62. The molecule has 6 amide bonds. The summed E-state index contributed by atoms with van der Waals surface area (Å²) in [7, 11) is 1.41. The molecule has 3 heterocycles. The van der Waals surface area contributed by atoms with E-state index in [0.717, 1.165) is 18.2 Å². The van der Waals surface area contributed by atoms with Crippen LogP contribution in [0.5, 0.6) is 0 Å². The number of nitrogens with one attached hydrogen (secondary N) is 3. The molecule has 1 aromatic rings. The molecular weight excluding hydrogens is 718 g/mol. The number of likely N-dealkylation sites (N-methyl/N-ethyl adjacent to an activating group) is 1. The third-order valence-electron chi connectivity index (χ3n) is 9.66. The van der Waals surface area contributed by atoms with Gasteiger partial charge in [0.25, 0.3) is 0 Å². The molecule has 0 aliphatic carbocycles. The Balaban J connectivity index is 1.65. The molecule has 0 aromatic heterocycles. The highest BCUT2D eigenvalue weighted by Crippen LogP contribution is 2.23. The Morgan fingerprint density at radius 2 is 1.47 bits per heavy atom. The molecule has 55 heavy (non-hydrogen) atoms. The molecule has 0 unspecified atom stereocenters. The van der Waals surface area contributed by atoms with E-state index in [-0.39, 0.29) is 31.5 Å². The summed E-state index contributed by atoms with van der Waals surface area (Å²) in [5.74, 6) is -6.83. The SMILES string of the molecule is C/C=C/C=C/C=C/C=C/C(=O)N[C@@H](Cc1cc(F)cc(F)c1)C(=O)N[C@H]1COC(=O)[C@@H]2CCCN2C(=O)[C@H](C)NC(=O)[C@H](C)N(C)C(=O)[C@@H]2CCCN2C1=O. The summed E-state index contributed by atoms with van der Waals surface area (Å²) in [6.07, 6.45) is 13.9. The molecule has 3 saturated heterocycles. The maximum atomic E-state index is 14.2. The van der Waals surface area contributed by atoms with E-state index in [1.54, 1.807) is 24.3 Å². The summed E-state index contributed by atoms with van der Waals surface area (Å²) < 4.78 is 33.9. The summed E-state index contributed by atoms with van der Waals surface area (Å²) in [6.45, 7) is 4.44. The predicted octanol–water partition coefficient (Wildman–Crippen LogP) is 1.61. The number of halogens is 2. The number of ether oxygens (including phenoxy) is 1. The van der Waals surface area contributed by atoms with E-state index in [0.29, 0.717) is 18.9 Å². The molecule has 3 aliphatic rings. The lowest BCUT2D eigenvalue weighted by Gasteiger charge is -2.34. The van der Waals surface area contributed by atoms with Crippen molar-refractivity contribution in [3.63, 3.8) is 0 Å². The molecule has 16 heteroatoms. The van der Waals surface area contributed by atoms with Gasteiger partial charge in [0.15, 0.2) is 0 Å². The molecule has 0 saturated carbocycles. The van der Waals surface area contributed by atoms with Crippen LogP contribution in [0.25, 0.3) is 0 Å². The van der Waals surface area contributed by atoms with Gasteiger partial charge in [0.05, 0.1) is 0 Å². The maximum absolute atomic E-state index is 14.2. The fraction of sp³-hybridized carbons (Fsp3) is 0.462. The molecule has 296 valence electrons. The first-order chi connectivity index (χ1) is 26.2. The minimum Gasteiger partial charge on any atom is -0.461 e. The molecule has 6 atom stereocenters. The lowest BCUT2D eigenvalue weighted by Crippen LogP contribution is -2.60. The summed E-state index contributed by atoms with van der Waals surface area (Å²) >= 11 is 0. The van der Waals surface area contributed by atoms with Gasteiger partial charge in [-0.2, -0.15) is 0 Å². The van der Waals surface area contributed by atoms with Gasteiger partial charge in [-0.3, -0.25) is 28.8 Å². The van der Waals surface area contributed by atoms with Crippen LogP contribution in [0.4, 0.5) is 8.78 Å². The van der Waals surface area contributed by atoms with E-state index < -0.39 is 102 Å². The maximum Gasteiger partial charge on any atom is 0.328 e. The zero-order chi connectivity index (χ0) is 40.2. The minimum absolute atomic E-state index is 0.0262. The number of rotatable bonds is 9. The molecule has 0 spiro atoms. The number of carbonyl (C=O) groups is 7. The molecule has 14 nitrogen and oxygen atoms in total. The first kappa shape index (κ1) is 42.1. The summed E-state index contributed by atoms with van der Waals surface area (Å²) in [4.78, 5) is 98.6. The summed E-state index contributed by atoms with van der Waals surface area (Å²) in [6, 6.07) is -4.53. The number of fused-ring (bicyclic) bond motifs is 2. The molecule has 3 N–H and O–H groups in total. The Morgan fingerprint density at radius 1 is 0.873 bits per heavy atom. The van der Waals surface area contributed by atoms with Crippen molar-refractivity contribution < 1.29 is 47.1 Å². The van der Waals surface area contributed by atoms with Crippen LogP contribution in [-0.4, -0.2) is 119 Å². The van der Waals surface area contributed by atoms with E-state index in [1.165, 1.54) is 41.7 Å². The molecule has 1 aromatic carbocycles. The van der Waals surface area contributed by atoms with E-state index in [2.05, 4.69) is 16.0 Å². The number of amides is 6. The smallest absolute Gasteiger partial charge is 0.328 e. The molecule has 4 rings (SSSR count). The second kappa shape index (κ2) is 19.6. The number of cyclic esters (lactones) is 1. The second-order valence-electron chi connectivity index (χ2n) is 13.6. The zero-order valence-electron chi connectivity index (χ0n) is 31.3. The Kier molecular flexibility index (Phi) is 15.0. The number of benzene rings is 1. The van der Waals surface area contributed by atoms with Crippen molar-refractivity contribution in [3.8, 4) is 0 Å². The van der Waals surface area contributed by atoms with Crippen LogP contribution in [-0.2, 0) is 44.7 Å². The monoisotopic (exact) mass is 766 g/mol. The highest BCUT2D eigenvalue weighted by molar-refractivity contribution is 5.98. The quantitative estimate of drug-likeness (QED) is 0.193. The lowest BCUT2D eigenvalue weighted by molar-refractivity contribution is -0.158. The van der Waals surface area contributed by atoms with Gasteiger partial charge in [-0.05, 0) is 64.2 Å². The van der Waals surface area contributed by atoms with Gasteiger partial charge in [0, 0.05) is 38.7 Å². The van der Waals surface area contributed by atoms with Crippen molar-refractivity contribution in [1.29, 1.82) is 0 Å². The van der Waals surface area contributed by atoms with E-state index in [9.17, 15) is 42.3 Å². The first-order valence-electron chi connectivity index (χ1n) is 18.2. The van der Waals surface area contributed by atoms with Crippen LogP contribution in [0.3, 0.4) is 0 Å². The van der Waals surface area contributed by atoms with E-state index >= 15 is 0 Å². The Hall–Kier alpha value is -5.67. The minimum atomic E-state index is -1.58. The van der Waals surface area contributed by atoms with Gasteiger partial charge in [-0.1, -0.05) is 42.5 Å². The Labute approximate surface area is 318 Å². The van der Waals surface area contributed by atoms with Crippen molar-refractivity contribution in [2.24, 2.45) is 0 Å². The Morgan fingerprint density at radius 3 is 2.13 bits per heavy atom. The fourth-order valence-corrected chi connectivity index (χ4v) is 6.62. The zero-order valence-corrected chi connectivity index (χ0v) is 31.3. The van der Waals surface area contributed by atoms with Crippen molar-refractivity contribution in [2.45, 2.75) is 89.1 Å². The Bertz CT molecular complexity index is 1740. The van der Waals surface area contributed by atoms with Gasteiger partial charge in [-0.15, -0.1) is 0 Å². The topological polar surface area (TPSA) is 175 Å². The van der Waals surface area contributed by atoms with Gasteiger partial charge in [0.2, 0.25) is 35.4 Å². The highest BCUT2D eigenvalue weighted by Gasteiger charge is 2.43. The average molecular weight is 767 g/mol. The predicted molar refractivity (Wildman–Crippen MR) is 196 cm³/mol. The van der Waals surface area contributed by atoms with Crippen molar-refractivity contribution in [3.05, 3.63) is 84.0 Å². The van der Waals surface area contributed by atoms with E-state index in [1.807, 2.05) is 19.1 Å². The molecule has 0 bridgehead atoms. The van der Waals surface area contributed by atoms with Crippen LogP contribution in [0.2, 0.25) is 0 Å². The molecule has 3 fully saturated rings. The third-order valence-corrected chi connectivity index (χ3v) is 9.66. The summed E-state index contributed by atoms with van der Waals surface area (Å²) in [5.41, 5.74) is 0.0262. The average Bonchev–Trinajstić information content (AvgIpc) is 3.84. The summed E-state index contributed by atoms with van der Waals surface area (Å²) in [5, 5.41) is 7.67. The number of allylic oxidation sites excluding steroid dienone is 7. The van der Waals surface area contributed by atoms with Crippen LogP contribution < -0.4 is 16.0 Å². The lowest BCUT2D eigenvalue weighted by atomic mass is 10.0. The number of hydrogen-bond donors (Lipinski definition) is 3. The van der Waals surface area contributed by atoms with Crippen molar-refractivity contribution >= 4 is 41.4 Å². The van der Waals surface area contributed by atoms with Gasteiger partial charge in [-0.25, -0.2) is 13.6 Å². The number of hydrogen-bond acceptors (Lipinski definition) is 8. The number of nitrogens with zero attached hydrogens (tertiary/aromatic N) is 3. The van der Waals surface area contributed by atoms with Crippen molar-refractivity contribution in [1.82, 2.24) is 30.7 Å². The van der Waals surface area contributed by atoms with Crippen LogP contribution in [0, 0.1) is 11.6 Å². The standard InChI is InChI=1S/C39H48F2N6O8/c1-5-6-7-8-9-10-11-16-33(48)43-29(21-26-19-27(40)22-28(41)20-26)35(50)44-30-23-55-39(54)32-15-13-18-47(32)36(51)24(2)42-34(49)25(3)45(4)38(53)31-14-12-17-46(31)37(30)52/h5-11,16,19-20,22,24-25,29-32H,12-15,17-18,21,23H2,1-4H3,(H,42,49)(H,43,48)(H,44,50)/b6-5+,8-7+,10-9+,16-11+/t24-,25-,29-,30-,31-,32-/m0/s1.